The van der Waals surface area contributed by atoms with Crippen LogP contribution in [0.15, 0.2) is 6.33 Å². The molecule has 0 aromatic carbocycles. The lowest BCUT2D eigenvalue weighted by atomic mass is 10.2. The normalized spacial score (nSPS) is 12.5. The van der Waals surface area contributed by atoms with Crippen molar-refractivity contribution >= 4 is 5.82 Å². The molecule has 0 aliphatic carbocycles. The van der Waals surface area contributed by atoms with Gasteiger partial charge in [0.25, 0.3) is 0 Å². The number of anilines is 1. The summed E-state index contributed by atoms with van der Waals surface area (Å²) in [5, 5.41) is 7.58. The van der Waals surface area contributed by atoms with Gasteiger partial charge in [-0.05, 0) is 34.6 Å². The molecule has 0 fully saturated rings. The summed E-state index contributed by atoms with van der Waals surface area (Å²) in [6, 6.07) is 0.0508. The molecule has 1 atom stereocenters. The molecule has 0 amide bonds. The second-order valence-electron chi connectivity index (χ2n) is 4.63. The summed E-state index contributed by atoms with van der Waals surface area (Å²) in [4.78, 5) is 13.1. The topological polar surface area (TPSA) is 68.5 Å². The van der Waals surface area contributed by atoms with E-state index in [1.54, 1.807) is 6.33 Å². The second kappa shape index (κ2) is 5.34. The first-order valence-electron chi connectivity index (χ1n) is 6.49. The highest BCUT2D eigenvalue weighted by atomic mass is 15.3. The van der Waals surface area contributed by atoms with Gasteiger partial charge in [-0.1, -0.05) is 0 Å². The Hall–Kier alpha value is -1.98. The summed E-state index contributed by atoms with van der Waals surface area (Å²) in [7, 11) is 0. The lowest BCUT2D eigenvalue weighted by Crippen LogP contribution is -2.16. The number of hydrogen-bond acceptors (Lipinski definition) is 5. The molecule has 6 heteroatoms. The van der Waals surface area contributed by atoms with Crippen LogP contribution in [0.1, 0.15) is 42.8 Å². The van der Waals surface area contributed by atoms with Crippen LogP contribution in [0.5, 0.6) is 0 Å². The predicted octanol–water partition coefficient (Wildman–Crippen LogP) is 2.19. The van der Waals surface area contributed by atoms with Gasteiger partial charge in [0.15, 0.2) is 0 Å². The summed E-state index contributed by atoms with van der Waals surface area (Å²) in [5.74, 6) is 2.55. The van der Waals surface area contributed by atoms with Crippen LogP contribution in [0.25, 0.3) is 0 Å². The quantitative estimate of drug-likeness (QED) is 0.912. The standard InChI is InChI=1S/C13H20N6/c1-6-19-13(14-7-15-19)10(4)17-12-8(2)9(3)16-11(5)18-12/h7,10H,6H2,1-5H3,(H,16,17,18). The first kappa shape index (κ1) is 13.5. The third-order valence-corrected chi connectivity index (χ3v) is 3.19. The Bertz CT molecular complexity index is 575. The minimum atomic E-state index is 0.0508. The van der Waals surface area contributed by atoms with Crippen molar-refractivity contribution in [1.29, 1.82) is 0 Å². The molecular weight excluding hydrogens is 240 g/mol. The first-order valence-corrected chi connectivity index (χ1v) is 6.49. The number of nitrogens with one attached hydrogen (secondary N) is 1. The fraction of sp³-hybridized carbons (Fsp3) is 0.538. The van der Waals surface area contributed by atoms with E-state index in [1.165, 1.54) is 0 Å². The summed E-state index contributed by atoms with van der Waals surface area (Å²) in [6.45, 7) is 10.8. The molecule has 0 saturated carbocycles. The molecule has 102 valence electrons. The van der Waals surface area contributed by atoms with Crippen LogP contribution in [0.2, 0.25) is 0 Å². The zero-order valence-corrected chi connectivity index (χ0v) is 12.1. The lowest BCUT2D eigenvalue weighted by Gasteiger charge is -2.17. The maximum Gasteiger partial charge on any atom is 0.149 e. The van der Waals surface area contributed by atoms with E-state index in [9.17, 15) is 0 Å². The SMILES string of the molecule is CCn1ncnc1C(C)Nc1nc(C)nc(C)c1C. The van der Waals surface area contributed by atoms with Crippen LogP contribution in [0.3, 0.4) is 0 Å². The number of nitrogens with zero attached hydrogens (tertiary/aromatic N) is 5. The Kier molecular flexibility index (Phi) is 3.78. The van der Waals surface area contributed by atoms with Crippen LogP contribution in [0.4, 0.5) is 5.82 Å². The number of hydrogen-bond donors (Lipinski definition) is 1. The van der Waals surface area contributed by atoms with Crippen LogP contribution >= 0.6 is 0 Å². The molecule has 2 heterocycles. The van der Waals surface area contributed by atoms with E-state index in [0.717, 1.165) is 35.3 Å². The third-order valence-electron chi connectivity index (χ3n) is 3.19. The summed E-state index contributed by atoms with van der Waals surface area (Å²) in [6.07, 6.45) is 1.58. The van der Waals surface area contributed by atoms with Crippen molar-refractivity contribution in [3.05, 3.63) is 29.2 Å². The fourth-order valence-electron chi connectivity index (χ4n) is 2.03. The molecule has 1 unspecified atom stereocenters. The highest BCUT2D eigenvalue weighted by Gasteiger charge is 2.15. The molecule has 0 bridgehead atoms. The average Bonchev–Trinajstić information content (AvgIpc) is 2.83. The molecule has 0 saturated heterocycles. The van der Waals surface area contributed by atoms with E-state index in [0.29, 0.717) is 0 Å². The van der Waals surface area contributed by atoms with Gasteiger partial charge >= 0.3 is 0 Å². The van der Waals surface area contributed by atoms with E-state index < -0.39 is 0 Å². The van der Waals surface area contributed by atoms with E-state index in [4.69, 9.17) is 0 Å². The van der Waals surface area contributed by atoms with Gasteiger partial charge in [-0.15, -0.1) is 0 Å². The molecule has 2 rings (SSSR count). The van der Waals surface area contributed by atoms with E-state index >= 15 is 0 Å². The molecule has 0 spiro atoms. The van der Waals surface area contributed by atoms with Crippen LogP contribution in [-0.4, -0.2) is 24.7 Å². The number of aryl methyl sites for hydroxylation is 3. The first-order chi connectivity index (χ1) is 9.02. The molecule has 2 aromatic heterocycles. The Labute approximate surface area is 113 Å². The van der Waals surface area contributed by atoms with Gasteiger partial charge in [0.1, 0.15) is 23.8 Å². The van der Waals surface area contributed by atoms with Gasteiger partial charge in [-0.2, -0.15) is 5.10 Å². The summed E-state index contributed by atoms with van der Waals surface area (Å²) >= 11 is 0. The van der Waals surface area contributed by atoms with Crippen molar-refractivity contribution in [1.82, 2.24) is 24.7 Å². The number of rotatable bonds is 4. The molecule has 6 nitrogen and oxygen atoms in total. The largest absolute Gasteiger partial charge is 0.360 e. The van der Waals surface area contributed by atoms with Gasteiger partial charge in [0.2, 0.25) is 0 Å². The molecule has 1 N–H and O–H groups in total. The van der Waals surface area contributed by atoms with Gasteiger partial charge in [-0.3, -0.25) is 0 Å². The van der Waals surface area contributed by atoms with E-state index in [-0.39, 0.29) is 6.04 Å². The van der Waals surface area contributed by atoms with Crippen molar-refractivity contribution in [3.8, 4) is 0 Å². The maximum absolute atomic E-state index is 4.46. The monoisotopic (exact) mass is 260 g/mol. The van der Waals surface area contributed by atoms with Crippen LogP contribution in [0, 0.1) is 20.8 Å². The minimum absolute atomic E-state index is 0.0508. The van der Waals surface area contributed by atoms with Crippen molar-refractivity contribution in [2.75, 3.05) is 5.32 Å². The predicted molar refractivity (Wildman–Crippen MR) is 74.0 cm³/mol. The minimum Gasteiger partial charge on any atom is -0.360 e. The Morgan fingerprint density at radius 1 is 1.26 bits per heavy atom. The van der Waals surface area contributed by atoms with Crippen LogP contribution in [-0.2, 0) is 6.54 Å². The van der Waals surface area contributed by atoms with Gasteiger partial charge in [-0.25, -0.2) is 19.6 Å². The summed E-state index contributed by atoms with van der Waals surface area (Å²) in [5.41, 5.74) is 2.07. The van der Waals surface area contributed by atoms with Crippen molar-refractivity contribution in [2.45, 2.75) is 47.2 Å². The molecule has 0 aliphatic heterocycles. The van der Waals surface area contributed by atoms with Crippen LogP contribution < -0.4 is 5.32 Å². The Morgan fingerprint density at radius 3 is 2.68 bits per heavy atom. The highest BCUT2D eigenvalue weighted by Crippen LogP contribution is 2.20. The zero-order chi connectivity index (χ0) is 14.0. The lowest BCUT2D eigenvalue weighted by molar-refractivity contribution is 0.592. The molecule has 2 aromatic rings. The molecule has 0 aliphatic rings. The Balaban J connectivity index is 2.26. The van der Waals surface area contributed by atoms with Crippen molar-refractivity contribution in [3.63, 3.8) is 0 Å². The maximum atomic E-state index is 4.46. The molecule has 0 radical (unpaired) electrons. The van der Waals surface area contributed by atoms with Gasteiger partial charge in [0.05, 0.1) is 6.04 Å². The van der Waals surface area contributed by atoms with Crippen molar-refractivity contribution in [2.24, 2.45) is 0 Å². The second-order valence-corrected chi connectivity index (χ2v) is 4.63. The zero-order valence-electron chi connectivity index (χ0n) is 12.1. The Morgan fingerprint density at radius 2 is 2.00 bits per heavy atom. The average molecular weight is 260 g/mol. The van der Waals surface area contributed by atoms with Gasteiger partial charge < -0.3 is 5.32 Å². The fourth-order valence-corrected chi connectivity index (χ4v) is 2.03. The summed E-state index contributed by atoms with van der Waals surface area (Å²) < 4.78 is 1.88. The smallest absolute Gasteiger partial charge is 0.149 e. The van der Waals surface area contributed by atoms with Crippen molar-refractivity contribution < 1.29 is 0 Å². The van der Waals surface area contributed by atoms with Gasteiger partial charge in [0, 0.05) is 17.8 Å². The molecular formula is C13H20N6. The number of aromatic nitrogens is 5. The highest BCUT2D eigenvalue weighted by molar-refractivity contribution is 5.46. The molecule has 19 heavy (non-hydrogen) atoms. The van der Waals surface area contributed by atoms with E-state index in [2.05, 4.69) is 39.2 Å². The van der Waals surface area contributed by atoms with E-state index in [1.807, 2.05) is 25.5 Å². The third kappa shape index (κ3) is 2.72.